The van der Waals surface area contributed by atoms with Gasteiger partial charge in [0.05, 0.1) is 12.2 Å². The second kappa shape index (κ2) is 14.3. The van der Waals surface area contributed by atoms with Crippen LogP contribution in [0.4, 0.5) is 11.5 Å². The summed E-state index contributed by atoms with van der Waals surface area (Å²) in [5.41, 5.74) is 11.4. The smallest absolute Gasteiger partial charge is 0.156 e. The van der Waals surface area contributed by atoms with Crippen molar-refractivity contribution in [1.29, 1.82) is 0 Å². The van der Waals surface area contributed by atoms with Crippen molar-refractivity contribution in [3.63, 3.8) is 0 Å². The van der Waals surface area contributed by atoms with Gasteiger partial charge in [0.15, 0.2) is 5.82 Å². The van der Waals surface area contributed by atoms with E-state index in [0.29, 0.717) is 18.3 Å². The van der Waals surface area contributed by atoms with E-state index in [9.17, 15) is 0 Å². The summed E-state index contributed by atoms with van der Waals surface area (Å²) in [7, 11) is 0. The lowest BCUT2D eigenvalue weighted by molar-refractivity contribution is 0.419. The molecule has 6 heteroatoms. The van der Waals surface area contributed by atoms with Crippen LogP contribution in [-0.4, -0.2) is 22.7 Å². The number of benzene rings is 2. The Morgan fingerprint density at radius 1 is 1.03 bits per heavy atom. The Morgan fingerprint density at radius 2 is 1.73 bits per heavy atom. The van der Waals surface area contributed by atoms with Crippen molar-refractivity contribution < 1.29 is 0 Å². The van der Waals surface area contributed by atoms with Crippen molar-refractivity contribution in [2.45, 2.75) is 72.8 Å². The van der Waals surface area contributed by atoms with E-state index in [1.807, 2.05) is 31.3 Å². The maximum Gasteiger partial charge on any atom is 0.156 e. The molecular formula is C31H42ClN5. The highest BCUT2D eigenvalue weighted by atomic mass is 35.5. The number of aryl methyl sites for hydroxylation is 1. The lowest BCUT2D eigenvalue weighted by Crippen LogP contribution is -2.17. The van der Waals surface area contributed by atoms with Crippen molar-refractivity contribution in [2.75, 3.05) is 11.9 Å². The van der Waals surface area contributed by atoms with E-state index in [0.717, 1.165) is 40.1 Å². The second-order valence-electron chi connectivity index (χ2n) is 10.2. The third-order valence-electron chi connectivity index (χ3n) is 7.00. The van der Waals surface area contributed by atoms with Crippen LogP contribution in [0.5, 0.6) is 0 Å². The SMILES string of the molecule is CC=Nc1c(CC(C)CCC(C)CC)nc(CN)nc1NCC(c1cccc(C)c1)c1cccc(Cl)c1. The fourth-order valence-electron chi connectivity index (χ4n) is 4.62. The Balaban J connectivity index is 1.93. The molecule has 0 aliphatic carbocycles. The average Bonchev–Trinajstić information content (AvgIpc) is 2.89. The first-order chi connectivity index (χ1) is 17.8. The standard InChI is InChI=1S/C31H42ClN5/c1-6-21(3)14-15-23(5)17-28-30(34-7-2)31(37-29(19-33)36-28)35-20-27(24-11-8-10-22(4)16-24)25-12-9-13-26(32)18-25/h7-13,16,18,21,23,27H,6,14-15,17,19-20,33H2,1-5H3,(H,35,36,37). The zero-order valence-corrected chi connectivity index (χ0v) is 23.7. The van der Waals surface area contributed by atoms with Gasteiger partial charge < -0.3 is 11.1 Å². The van der Waals surface area contributed by atoms with Crippen molar-refractivity contribution in [3.8, 4) is 0 Å². The molecule has 1 aromatic heterocycles. The Labute approximate surface area is 228 Å². The Bertz CT molecular complexity index is 1130. The van der Waals surface area contributed by atoms with Crippen molar-refractivity contribution in [1.82, 2.24) is 9.97 Å². The fraction of sp³-hybridized carbons (Fsp3) is 0.452. The highest BCUT2D eigenvalue weighted by Gasteiger charge is 2.20. The summed E-state index contributed by atoms with van der Waals surface area (Å²) in [6.07, 6.45) is 6.27. The largest absolute Gasteiger partial charge is 0.367 e. The van der Waals surface area contributed by atoms with Crippen molar-refractivity contribution >= 4 is 29.3 Å². The number of anilines is 1. The molecule has 3 unspecified atom stereocenters. The monoisotopic (exact) mass is 519 g/mol. The van der Waals surface area contributed by atoms with Gasteiger partial charge in [-0.2, -0.15) is 0 Å². The predicted molar refractivity (Wildman–Crippen MR) is 158 cm³/mol. The number of hydrogen-bond acceptors (Lipinski definition) is 5. The van der Waals surface area contributed by atoms with E-state index in [-0.39, 0.29) is 12.5 Å². The van der Waals surface area contributed by atoms with E-state index in [2.05, 4.69) is 63.3 Å². The van der Waals surface area contributed by atoms with Crippen LogP contribution >= 0.6 is 11.6 Å². The van der Waals surface area contributed by atoms with Gasteiger partial charge in [-0.3, -0.25) is 4.99 Å². The lowest BCUT2D eigenvalue weighted by atomic mass is 9.90. The molecule has 1 heterocycles. The third-order valence-corrected chi connectivity index (χ3v) is 7.24. The van der Waals surface area contributed by atoms with Crippen LogP contribution in [0.3, 0.4) is 0 Å². The maximum atomic E-state index is 6.38. The van der Waals surface area contributed by atoms with E-state index >= 15 is 0 Å². The molecule has 37 heavy (non-hydrogen) atoms. The molecule has 0 saturated carbocycles. The number of nitrogens with one attached hydrogen (secondary N) is 1. The molecule has 198 valence electrons. The molecule has 3 atom stereocenters. The molecule has 0 aliphatic heterocycles. The quantitative estimate of drug-likeness (QED) is 0.225. The molecule has 0 radical (unpaired) electrons. The van der Waals surface area contributed by atoms with E-state index in [1.54, 1.807) is 0 Å². The highest BCUT2D eigenvalue weighted by molar-refractivity contribution is 6.30. The molecule has 0 amide bonds. The second-order valence-corrected chi connectivity index (χ2v) is 10.6. The first-order valence-corrected chi connectivity index (χ1v) is 13.9. The predicted octanol–water partition coefficient (Wildman–Crippen LogP) is 7.87. The molecule has 5 nitrogen and oxygen atoms in total. The summed E-state index contributed by atoms with van der Waals surface area (Å²) in [6.45, 7) is 11.8. The third kappa shape index (κ3) is 8.37. The van der Waals surface area contributed by atoms with E-state index < -0.39 is 0 Å². The minimum Gasteiger partial charge on any atom is -0.367 e. The van der Waals surface area contributed by atoms with Gasteiger partial charge in [0.25, 0.3) is 0 Å². The van der Waals surface area contributed by atoms with Gasteiger partial charge in [-0.25, -0.2) is 9.97 Å². The summed E-state index contributed by atoms with van der Waals surface area (Å²) >= 11 is 6.38. The fourth-order valence-corrected chi connectivity index (χ4v) is 4.82. The van der Waals surface area contributed by atoms with Gasteiger partial charge in [-0.05, 0) is 55.4 Å². The Morgan fingerprint density at radius 3 is 2.38 bits per heavy atom. The van der Waals surface area contributed by atoms with Crippen LogP contribution in [0.15, 0.2) is 53.5 Å². The van der Waals surface area contributed by atoms with Crippen LogP contribution < -0.4 is 11.1 Å². The number of aliphatic imine (C=N–C) groups is 1. The van der Waals surface area contributed by atoms with Gasteiger partial charge in [-0.1, -0.05) is 93.6 Å². The zero-order valence-electron chi connectivity index (χ0n) is 23.0. The summed E-state index contributed by atoms with van der Waals surface area (Å²) in [4.78, 5) is 14.3. The first kappa shape index (κ1) is 28.8. The summed E-state index contributed by atoms with van der Waals surface area (Å²) in [5.74, 6) is 2.70. The maximum absolute atomic E-state index is 6.38. The highest BCUT2D eigenvalue weighted by Crippen LogP contribution is 2.32. The van der Waals surface area contributed by atoms with Crippen LogP contribution in [0.2, 0.25) is 5.02 Å². The summed E-state index contributed by atoms with van der Waals surface area (Å²) < 4.78 is 0. The van der Waals surface area contributed by atoms with Crippen LogP contribution in [-0.2, 0) is 13.0 Å². The molecule has 0 bridgehead atoms. The molecule has 3 rings (SSSR count). The van der Waals surface area contributed by atoms with Gasteiger partial charge in [0.2, 0.25) is 0 Å². The number of nitrogens with two attached hydrogens (primary N) is 1. The number of rotatable bonds is 13. The zero-order chi connectivity index (χ0) is 26.8. The number of nitrogens with zero attached hydrogens (tertiary/aromatic N) is 3. The van der Waals surface area contributed by atoms with Crippen molar-refractivity contribution in [2.24, 2.45) is 22.6 Å². The van der Waals surface area contributed by atoms with Gasteiger partial charge in [0.1, 0.15) is 11.5 Å². The van der Waals surface area contributed by atoms with Gasteiger partial charge in [0, 0.05) is 23.7 Å². The minimum atomic E-state index is 0.0891. The molecule has 2 aromatic carbocycles. The summed E-state index contributed by atoms with van der Waals surface area (Å²) in [5, 5.41) is 4.35. The molecule has 0 saturated heterocycles. The topological polar surface area (TPSA) is 76.2 Å². The average molecular weight is 520 g/mol. The van der Waals surface area contributed by atoms with Gasteiger partial charge >= 0.3 is 0 Å². The lowest BCUT2D eigenvalue weighted by Gasteiger charge is -2.22. The Kier molecular flexibility index (Phi) is 11.1. The summed E-state index contributed by atoms with van der Waals surface area (Å²) in [6, 6.07) is 16.7. The number of hydrogen-bond donors (Lipinski definition) is 2. The van der Waals surface area contributed by atoms with Crippen LogP contribution in [0.1, 0.15) is 81.1 Å². The van der Waals surface area contributed by atoms with E-state index in [4.69, 9.17) is 32.3 Å². The minimum absolute atomic E-state index is 0.0891. The Hall–Kier alpha value is -2.76. The van der Waals surface area contributed by atoms with Crippen LogP contribution in [0.25, 0.3) is 0 Å². The molecule has 3 aromatic rings. The normalized spacial score (nSPS) is 14.0. The molecular weight excluding hydrogens is 478 g/mol. The molecule has 0 fully saturated rings. The first-order valence-electron chi connectivity index (χ1n) is 13.5. The molecule has 0 aliphatic rings. The van der Waals surface area contributed by atoms with Gasteiger partial charge in [-0.15, -0.1) is 0 Å². The number of aromatic nitrogens is 2. The molecule has 3 N–H and O–H groups in total. The van der Waals surface area contributed by atoms with Crippen molar-refractivity contribution in [3.05, 3.63) is 81.8 Å². The van der Waals surface area contributed by atoms with Crippen LogP contribution in [0, 0.1) is 18.8 Å². The van der Waals surface area contributed by atoms with E-state index in [1.165, 1.54) is 30.4 Å². The number of halogens is 1. The molecule has 0 spiro atoms.